The smallest absolute Gasteiger partial charge is 0.341 e. The van der Waals surface area contributed by atoms with Crippen molar-refractivity contribution in [2.45, 2.75) is 12.8 Å². The molecule has 0 amide bonds. The fourth-order valence-electron chi connectivity index (χ4n) is 1.44. The van der Waals surface area contributed by atoms with Gasteiger partial charge < -0.3 is 14.2 Å². The average Bonchev–Trinajstić information content (AvgIpc) is 2.42. The molecule has 0 atom stereocenters. The molecule has 4 heteroatoms. The third kappa shape index (κ3) is 3.80. The lowest BCUT2D eigenvalue weighted by molar-refractivity contribution is 0.0596. The molecule has 0 unspecified atom stereocenters. The Hall–Kier alpha value is -1.97. The summed E-state index contributed by atoms with van der Waals surface area (Å²) < 4.78 is 15.4. The molecule has 18 heavy (non-hydrogen) atoms. The van der Waals surface area contributed by atoms with Crippen LogP contribution in [0, 0.1) is 0 Å². The first-order valence-electron chi connectivity index (χ1n) is 5.73. The molecule has 0 saturated heterocycles. The van der Waals surface area contributed by atoms with Gasteiger partial charge in [-0.25, -0.2) is 4.79 Å². The second-order valence-corrected chi connectivity index (χ2v) is 3.63. The van der Waals surface area contributed by atoms with Gasteiger partial charge in [-0.15, -0.1) is 6.58 Å². The van der Waals surface area contributed by atoms with E-state index in [2.05, 4.69) is 6.58 Å². The van der Waals surface area contributed by atoms with Crippen LogP contribution >= 0.6 is 0 Å². The van der Waals surface area contributed by atoms with E-state index < -0.39 is 5.97 Å². The molecule has 1 aromatic rings. The van der Waals surface area contributed by atoms with Crippen LogP contribution in [0.15, 0.2) is 30.9 Å². The summed E-state index contributed by atoms with van der Waals surface area (Å²) in [5.41, 5.74) is 0.400. The van der Waals surface area contributed by atoms with E-state index >= 15 is 0 Å². The Morgan fingerprint density at radius 3 is 2.78 bits per heavy atom. The number of benzene rings is 1. The van der Waals surface area contributed by atoms with Crippen LogP contribution in [0.3, 0.4) is 0 Å². The minimum atomic E-state index is -0.420. The van der Waals surface area contributed by atoms with Gasteiger partial charge in [0.1, 0.15) is 17.1 Å². The maximum Gasteiger partial charge on any atom is 0.341 e. The van der Waals surface area contributed by atoms with Gasteiger partial charge in [0, 0.05) is 6.07 Å². The zero-order valence-electron chi connectivity index (χ0n) is 10.8. The van der Waals surface area contributed by atoms with Crippen LogP contribution in [0.25, 0.3) is 0 Å². The SMILES string of the molecule is C=CCCCOc1cc(OC)ccc1C(=O)OC. The summed E-state index contributed by atoms with van der Waals surface area (Å²) in [6.45, 7) is 4.16. The minimum absolute atomic E-state index is 0.400. The number of carbonyl (C=O) groups excluding carboxylic acids is 1. The van der Waals surface area contributed by atoms with E-state index in [4.69, 9.17) is 14.2 Å². The standard InChI is InChI=1S/C14H18O4/c1-4-5-6-9-18-13-10-11(16-2)7-8-12(13)14(15)17-3/h4,7-8,10H,1,5-6,9H2,2-3H3. The molecule has 98 valence electrons. The lowest BCUT2D eigenvalue weighted by atomic mass is 10.2. The quantitative estimate of drug-likeness (QED) is 0.424. The number of allylic oxidation sites excluding steroid dienone is 1. The minimum Gasteiger partial charge on any atom is -0.497 e. The highest BCUT2D eigenvalue weighted by atomic mass is 16.5. The maximum absolute atomic E-state index is 11.6. The van der Waals surface area contributed by atoms with Crippen molar-refractivity contribution in [2.24, 2.45) is 0 Å². The molecule has 1 aromatic carbocycles. The molecule has 1 rings (SSSR count). The van der Waals surface area contributed by atoms with Crippen LogP contribution in [-0.2, 0) is 4.74 Å². The first kappa shape index (κ1) is 14.1. The van der Waals surface area contributed by atoms with Crippen LogP contribution in [0.4, 0.5) is 0 Å². The zero-order valence-corrected chi connectivity index (χ0v) is 10.8. The van der Waals surface area contributed by atoms with E-state index in [0.29, 0.717) is 23.7 Å². The third-order valence-corrected chi connectivity index (χ3v) is 2.40. The van der Waals surface area contributed by atoms with Crippen LogP contribution in [-0.4, -0.2) is 26.8 Å². The number of carbonyl (C=O) groups is 1. The molecule has 0 aliphatic carbocycles. The largest absolute Gasteiger partial charge is 0.497 e. The van der Waals surface area contributed by atoms with E-state index in [0.717, 1.165) is 12.8 Å². The Labute approximate surface area is 107 Å². The summed E-state index contributed by atoms with van der Waals surface area (Å²) in [6.07, 6.45) is 3.55. The van der Waals surface area contributed by atoms with E-state index in [1.54, 1.807) is 25.3 Å². The van der Waals surface area contributed by atoms with Crippen LogP contribution in [0.2, 0.25) is 0 Å². The van der Waals surface area contributed by atoms with Gasteiger partial charge >= 0.3 is 5.97 Å². The number of esters is 1. The molecule has 0 saturated carbocycles. The molecule has 0 aliphatic rings. The molecule has 0 heterocycles. The Morgan fingerprint density at radius 2 is 2.17 bits per heavy atom. The Balaban J connectivity index is 2.82. The van der Waals surface area contributed by atoms with Crippen molar-refractivity contribution in [1.82, 2.24) is 0 Å². The van der Waals surface area contributed by atoms with Gasteiger partial charge in [-0.05, 0) is 25.0 Å². The summed E-state index contributed by atoms with van der Waals surface area (Å²) in [4.78, 5) is 11.6. The number of hydrogen-bond acceptors (Lipinski definition) is 4. The number of unbranched alkanes of at least 4 members (excludes halogenated alkanes) is 1. The Kier molecular flexibility index (Phi) is 5.77. The first-order valence-corrected chi connectivity index (χ1v) is 5.73. The second kappa shape index (κ2) is 7.37. The summed E-state index contributed by atoms with van der Waals surface area (Å²) in [5.74, 6) is 0.697. The molecule has 0 bridgehead atoms. The molecule has 0 fully saturated rings. The highest BCUT2D eigenvalue weighted by Crippen LogP contribution is 2.25. The van der Waals surface area contributed by atoms with Gasteiger partial charge in [0.05, 0.1) is 20.8 Å². The van der Waals surface area contributed by atoms with Crippen molar-refractivity contribution < 1.29 is 19.0 Å². The van der Waals surface area contributed by atoms with Crippen LogP contribution in [0.5, 0.6) is 11.5 Å². The predicted octanol–water partition coefficient (Wildman–Crippen LogP) is 2.83. The number of hydrogen-bond donors (Lipinski definition) is 0. The van der Waals surface area contributed by atoms with Crippen molar-refractivity contribution in [2.75, 3.05) is 20.8 Å². The highest BCUT2D eigenvalue weighted by molar-refractivity contribution is 5.92. The maximum atomic E-state index is 11.6. The lowest BCUT2D eigenvalue weighted by Crippen LogP contribution is -2.07. The molecular weight excluding hydrogens is 232 g/mol. The molecule has 4 nitrogen and oxygen atoms in total. The Morgan fingerprint density at radius 1 is 1.39 bits per heavy atom. The summed E-state index contributed by atoms with van der Waals surface area (Å²) in [5, 5.41) is 0. The Bertz CT molecular complexity index is 412. The van der Waals surface area contributed by atoms with Gasteiger partial charge in [-0.3, -0.25) is 0 Å². The number of ether oxygens (including phenoxy) is 3. The van der Waals surface area contributed by atoms with E-state index in [1.807, 2.05) is 6.08 Å². The van der Waals surface area contributed by atoms with E-state index in [1.165, 1.54) is 7.11 Å². The predicted molar refractivity (Wildman–Crippen MR) is 69.3 cm³/mol. The van der Waals surface area contributed by atoms with E-state index in [9.17, 15) is 4.79 Å². The molecule has 0 radical (unpaired) electrons. The van der Waals surface area contributed by atoms with Crippen molar-refractivity contribution in [1.29, 1.82) is 0 Å². The first-order chi connectivity index (χ1) is 8.72. The van der Waals surface area contributed by atoms with E-state index in [-0.39, 0.29) is 0 Å². The van der Waals surface area contributed by atoms with Gasteiger partial charge in [-0.1, -0.05) is 6.08 Å². The molecule has 0 aromatic heterocycles. The van der Waals surface area contributed by atoms with Crippen molar-refractivity contribution in [3.05, 3.63) is 36.4 Å². The lowest BCUT2D eigenvalue weighted by Gasteiger charge is -2.11. The van der Waals surface area contributed by atoms with Crippen LogP contribution in [0.1, 0.15) is 23.2 Å². The van der Waals surface area contributed by atoms with Crippen molar-refractivity contribution >= 4 is 5.97 Å². The third-order valence-electron chi connectivity index (χ3n) is 2.40. The number of methoxy groups -OCH3 is 2. The summed E-state index contributed by atoms with van der Waals surface area (Å²) >= 11 is 0. The molecule has 0 N–H and O–H groups in total. The normalized spacial score (nSPS) is 9.67. The fraction of sp³-hybridized carbons (Fsp3) is 0.357. The number of rotatable bonds is 7. The monoisotopic (exact) mass is 250 g/mol. The van der Waals surface area contributed by atoms with Gasteiger partial charge in [-0.2, -0.15) is 0 Å². The van der Waals surface area contributed by atoms with Gasteiger partial charge in [0.2, 0.25) is 0 Å². The molecule has 0 aliphatic heterocycles. The molecular formula is C14H18O4. The second-order valence-electron chi connectivity index (χ2n) is 3.63. The topological polar surface area (TPSA) is 44.8 Å². The van der Waals surface area contributed by atoms with Crippen LogP contribution < -0.4 is 9.47 Å². The van der Waals surface area contributed by atoms with Crippen molar-refractivity contribution in [3.8, 4) is 11.5 Å². The van der Waals surface area contributed by atoms with Crippen molar-refractivity contribution in [3.63, 3.8) is 0 Å². The van der Waals surface area contributed by atoms with Gasteiger partial charge in [0.15, 0.2) is 0 Å². The van der Waals surface area contributed by atoms with Gasteiger partial charge in [0.25, 0.3) is 0 Å². The highest BCUT2D eigenvalue weighted by Gasteiger charge is 2.13. The summed E-state index contributed by atoms with van der Waals surface area (Å²) in [7, 11) is 2.91. The molecule has 0 spiro atoms. The zero-order chi connectivity index (χ0) is 13.4. The fourth-order valence-corrected chi connectivity index (χ4v) is 1.44. The summed E-state index contributed by atoms with van der Waals surface area (Å²) in [6, 6.07) is 5.01. The average molecular weight is 250 g/mol.